The molecular weight excluding hydrogens is 270 g/mol. The number of carboxylic acids is 1. The number of aryl methyl sites for hydroxylation is 3. The molecule has 0 unspecified atom stereocenters. The molecule has 0 spiro atoms. The number of carboxylic acid groups (broad SMARTS) is 1. The van der Waals surface area contributed by atoms with Gasteiger partial charge < -0.3 is 9.84 Å². The van der Waals surface area contributed by atoms with Crippen molar-refractivity contribution in [3.8, 4) is 0 Å². The molecule has 0 saturated heterocycles. The van der Waals surface area contributed by atoms with Crippen LogP contribution in [0, 0.1) is 20.8 Å². The highest BCUT2D eigenvalue weighted by Crippen LogP contribution is 2.19. The Morgan fingerprint density at radius 2 is 1.90 bits per heavy atom. The van der Waals surface area contributed by atoms with E-state index in [9.17, 15) is 4.79 Å². The number of aromatic nitrogens is 3. The molecular formula is C15H19N3O3. The van der Waals surface area contributed by atoms with Gasteiger partial charge in [0.2, 0.25) is 0 Å². The quantitative estimate of drug-likeness (QED) is 0.912. The third-order valence-electron chi connectivity index (χ3n) is 3.47. The van der Waals surface area contributed by atoms with Gasteiger partial charge in [0.25, 0.3) is 0 Å². The smallest absolute Gasteiger partial charge is 0.358 e. The van der Waals surface area contributed by atoms with E-state index in [-0.39, 0.29) is 12.3 Å². The SMILES string of the molecule is COCc1c(C(=O)O)nnn1Cc1c(C)cc(C)cc1C. The van der Waals surface area contributed by atoms with Crippen LogP contribution in [0.15, 0.2) is 12.1 Å². The van der Waals surface area contributed by atoms with Crippen molar-refractivity contribution in [3.05, 3.63) is 45.8 Å². The second-order valence-corrected chi connectivity index (χ2v) is 5.16. The van der Waals surface area contributed by atoms with Crippen LogP contribution in [-0.4, -0.2) is 33.2 Å². The number of methoxy groups -OCH3 is 1. The van der Waals surface area contributed by atoms with Gasteiger partial charge in [0.05, 0.1) is 18.8 Å². The summed E-state index contributed by atoms with van der Waals surface area (Å²) in [5.41, 5.74) is 5.06. The first kappa shape index (κ1) is 15.2. The van der Waals surface area contributed by atoms with E-state index in [0.717, 1.165) is 16.7 Å². The first-order valence-corrected chi connectivity index (χ1v) is 6.65. The fourth-order valence-corrected chi connectivity index (χ4v) is 2.51. The molecule has 0 amide bonds. The van der Waals surface area contributed by atoms with Crippen molar-refractivity contribution in [2.45, 2.75) is 33.9 Å². The van der Waals surface area contributed by atoms with Gasteiger partial charge in [0.15, 0.2) is 5.69 Å². The average Bonchev–Trinajstić information content (AvgIpc) is 2.77. The largest absolute Gasteiger partial charge is 0.476 e. The number of ether oxygens (including phenoxy) is 1. The Bertz CT molecular complexity index is 654. The van der Waals surface area contributed by atoms with Crippen molar-refractivity contribution in [1.82, 2.24) is 15.0 Å². The molecule has 0 atom stereocenters. The van der Waals surface area contributed by atoms with Crippen LogP contribution >= 0.6 is 0 Å². The molecule has 2 rings (SSSR count). The zero-order valence-corrected chi connectivity index (χ0v) is 12.7. The highest BCUT2D eigenvalue weighted by molar-refractivity contribution is 5.86. The van der Waals surface area contributed by atoms with Crippen LogP contribution in [-0.2, 0) is 17.9 Å². The number of nitrogens with zero attached hydrogens (tertiary/aromatic N) is 3. The van der Waals surface area contributed by atoms with E-state index in [1.165, 1.54) is 12.7 Å². The predicted octanol–water partition coefficient (Wildman–Crippen LogP) is 2.10. The summed E-state index contributed by atoms with van der Waals surface area (Å²) >= 11 is 0. The lowest BCUT2D eigenvalue weighted by Crippen LogP contribution is -2.12. The zero-order valence-electron chi connectivity index (χ0n) is 12.7. The summed E-state index contributed by atoms with van der Waals surface area (Å²) in [6, 6.07) is 4.21. The van der Waals surface area contributed by atoms with Crippen LogP contribution in [0.1, 0.15) is 38.4 Å². The Hall–Kier alpha value is -2.21. The molecule has 1 N–H and O–H groups in total. The minimum atomic E-state index is -1.09. The fourth-order valence-electron chi connectivity index (χ4n) is 2.51. The second kappa shape index (κ2) is 6.05. The molecule has 0 aliphatic rings. The van der Waals surface area contributed by atoms with Crippen molar-refractivity contribution in [1.29, 1.82) is 0 Å². The normalized spacial score (nSPS) is 10.9. The molecule has 1 heterocycles. The maximum Gasteiger partial charge on any atom is 0.358 e. The lowest BCUT2D eigenvalue weighted by Gasteiger charge is -2.13. The Morgan fingerprint density at radius 1 is 1.29 bits per heavy atom. The molecule has 1 aromatic carbocycles. The monoisotopic (exact) mass is 289 g/mol. The second-order valence-electron chi connectivity index (χ2n) is 5.16. The van der Waals surface area contributed by atoms with Crippen molar-refractivity contribution in [2.75, 3.05) is 7.11 Å². The van der Waals surface area contributed by atoms with Gasteiger partial charge in [-0.1, -0.05) is 22.9 Å². The Balaban J connectivity index is 2.42. The fraction of sp³-hybridized carbons (Fsp3) is 0.400. The van der Waals surface area contributed by atoms with E-state index < -0.39 is 5.97 Å². The van der Waals surface area contributed by atoms with Gasteiger partial charge in [-0.05, 0) is 37.5 Å². The van der Waals surface area contributed by atoms with Gasteiger partial charge in [-0.25, -0.2) is 9.48 Å². The summed E-state index contributed by atoms with van der Waals surface area (Å²) in [5.74, 6) is -1.09. The topological polar surface area (TPSA) is 77.2 Å². The molecule has 0 aliphatic heterocycles. The maximum atomic E-state index is 11.2. The summed E-state index contributed by atoms with van der Waals surface area (Å²) in [7, 11) is 1.52. The number of carbonyl (C=O) groups is 1. The van der Waals surface area contributed by atoms with E-state index in [0.29, 0.717) is 12.2 Å². The summed E-state index contributed by atoms with van der Waals surface area (Å²) < 4.78 is 6.67. The molecule has 0 bridgehead atoms. The van der Waals surface area contributed by atoms with Crippen molar-refractivity contribution in [2.24, 2.45) is 0 Å². The third kappa shape index (κ3) is 3.11. The van der Waals surface area contributed by atoms with E-state index in [1.54, 1.807) is 4.68 Å². The van der Waals surface area contributed by atoms with Crippen LogP contribution < -0.4 is 0 Å². The number of rotatable bonds is 5. The summed E-state index contributed by atoms with van der Waals surface area (Å²) in [5, 5.41) is 16.8. The summed E-state index contributed by atoms with van der Waals surface area (Å²) in [6.07, 6.45) is 0. The van der Waals surface area contributed by atoms with Gasteiger partial charge >= 0.3 is 5.97 Å². The van der Waals surface area contributed by atoms with Crippen LogP contribution in [0.4, 0.5) is 0 Å². The molecule has 0 saturated carbocycles. The van der Waals surface area contributed by atoms with Gasteiger partial charge in [0.1, 0.15) is 0 Å². The number of hydrogen-bond donors (Lipinski definition) is 1. The molecule has 0 fully saturated rings. The van der Waals surface area contributed by atoms with Crippen molar-refractivity contribution >= 4 is 5.97 Å². The van der Waals surface area contributed by atoms with E-state index in [1.807, 2.05) is 13.8 Å². The van der Waals surface area contributed by atoms with Crippen molar-refractivity contribution in [3.63, 3.8) is 0 Å². The lowest BCUT2D eigenvalue weighted by atomic mass is 10.00. The van der Waals surface area contributed by atoms with Gasteiger partial charge in [-0.3, -0.25) is 0 Å². The van der Waals surface area contributed by atoms with Gasteiger partial charge in [-0.2, -0.15) is 0 Å². The van der Waals surface area contributed by atoms with E-state index in [2.05, 4.69) is 29.4 Å². The zero-order chi connectivity index (χ0) is 15.6. The number of benzene rings is 1. The van der Waals surface area contributed by atoms with Gasteiger partial charge in [0, 0.05) is 7.11 Å². The predicted molar refractivity (Wildman–Crippen MR) is 77.4 cm³/mol. The molecule has 112 valence electrons. The van der Waals surface area contributed by atoms with Crippen LogP contribution in [0.5, 0.6) is 0 Å². The summed E-state index contributed by atoms with van der Waals surface area (Å²) in [4.78, 5) is 11.2. The Morgan fingerprint density at radius 3 is 2.43 bits per heavy atom. The first-order chi connectivity index (χ1) is 9.93. The molecule has 21 heavy (non-hydrogen) atoms. The number of aromatic carboxylic acids is 1. The standard InChI is InChI=1S/C15H19N3O3/c1-9-5-10(2)12(11(3)6-9)7-18-13(8-21-4)14(15(19)20)16-17-18/h5-6H,7-8H2,1-4H3,(H,19,20). The molecule has 2 aromatic rings. The highest BCUT2D eigenvalue weighted by Gasteiger charge is 2.19. The third-order valence-corrected chi connectivity index (χ3v) is 3.47. The highest BCUT2D eigenvalue weighted by atomic mass is 16.5. The van der Waals surface area contributed by atoms with E-state index in [4.69, 9.17) is 9.84 Å². The summed E-state index contributed by atoms with van der Waals surface area (Å²) in [6.45, 7) is 6.79. The molecule has 0 aliphatic carbocycles. The van der Waals surface area contributed by atoms with Gasteiger partial charge in [-0.15, -0.1) is 5.10 Å². The minimum Gasteiger partial charge on any atom is -0.476 e. The first-order valence-electron chi connectivity index (χ1n) is 6.65. The molecule has 0 radical (unpaired) electrons. The number of hydrogen-bond acceptors (Lipinski definition) is 4. The molecule has 1 aromatic heterocycles. The lowest BCUT2D eigenvalue weighted by molar-refractivity contribution is 0.0684. The van der Waals surface area contributed by atoms with Crippen LogP contribution in [0.25, 0.3) is 0 Å². The van der Waals surface area contributed by atoms with Crippen LogP contribution in [0.3, 0.4) is 0 Å². The van der Waals surface area contributed by atoms with Crippen LogP contribution in [0.2, 0.25) is 0 Å². The molecule has 6 heteroatoms. The maximum absolute atomic E-state index is 11.2. The minimum absolute atomic E-state index is 0.0562. The Kier molecular flexibility index (Phi) is 4.37. The Labute approximate surface area is 123 Å². The van der Waals surface area contributed by atoms with E-state index >= 15 is 0 Å². The average molecular weight is 289 g/mol. The van der Waals surface area contributed by atoms with Crippen molar-refractivity contribution < 1.29 is 14.6 Å². The molecule has 6 nitrogen and oxygen atoms in total.